The molecule has 0 aliphatic heterocycles. The minimum Gasteiger partial charge on any atom is -0.451 e. The molecule has 22 heavy (non-hydrogen) atoms. The van der Waals surface area contributed by atoms with Crippen LogP contribution in [0.2, 0.25) is 0 Å². The SMILES string of the molecule is O=C(COC(=O)c1cc2c(s1)CCC2)Nc1ccc(Br)cc1. The molecule has 0 saturated heterocycles. The van der Waals surface area contributed by atoms with Crippen LogP contribution in [0.4, 0.5) is 5.69 Å². The number of ether oxygens (including phenoxy) is 1. The van der Waals surface area contributed by atoms with Crippen LogP contribution in [-0.2, 0) is 22.4 Å². The lowest BCUT2D eigenvalue weighted by Gasteiger charge is -2.06. The summed E-state index contributed by atoms with van der Waals surface area (Å²) in [6.45, 7) is -0.280. The third-order valence-electron chi connectivity index (χ3n) is 3.41. The number of anilines is 1. The van der Waals surface area contributed by atoms with E-state index in [0.717, 1.165) is 23.7 Å². The van der Waals surface area contributed by atoms with E-state index < -0.39 is 5.97 Å². The smallest absolute Gasteiger partial charge is 0.348 e. The first-order chi connectivity index (χ1) is 10.6. The lowest BCUT2D eigenvalue weighted by molar-refractivity contribution is -0.119. The molecule has 0 radical (unpaired) electrons. The van der Waals surface area contributed by atoms with Gasteiger partial charge in [0.15, 0.2) is 6.61 Å². The lowest BCUT2D eigenvalue weighted by atomic mass is 10.2. The van der Waals surface area contributed by atoms with Crippen LogP contribution >= 0.6 is 27.3 Å². The van der Waals surface area contributed by atoms with Crippen LogP contribution in [0.1, 0.15) is 26.5 Å². The van der Waals surface area contributed by atoms with Gasteiger partial charge in [0.25, 0.3) is 5.91 Å². The number of hydrogen-bond donors (Lipinski definition) is 1. The van der Waals surface area contributed by atoms with Gasteiger partial charge in [0, 0.05) is 15.0 Å². The van der Waals surface area contributed by atoms with Crippen molar-refractivity contribution < 1.29 is 14.3 Å². The summed E-state index contributed by atoms with van der Waals surface area (Å²) in [6, 6.07) is 9.09. The van der Waals surface area contributed by atoms with Crippen LogP contribution in [-0.4, -0.2) is 18.5 Å². The molecular formula is C16H14BrNO3S. The van der Waals surface area contributed by atoms with Crippen molar-refractivity contribution in [1.82, 2.24) is 0 Å². The molecule has 0 fully saturated rings. The summed E-state index contributed by atoms with van der Waals surface area (Å²) in [5.41, 5.74) is 1.91. The average molecular weight is 380 g/mol. The fourth-order valence-corrected chi connectivity index (χ4v) is 3.77. The van der Waals surface area contributed by atoms with Crippen LogP contribution in [0, 0.1) is 0 Å². The monoisotopic (exact) mass is 379 g/mol. The number of benzene rings is 1. The molecule has 3 rings (SSSR count). The number of thiophene rings is 1. The summed E-state index contributed by atoms with van der Waals surface area (Å²) in [6.07, 6.45) is 3.23. The van der Waals surface area contributed by atoms with E-state index in [4.69, 9.17) is 4.74 Å². The number of nitrogens with one attached hydrogen (secondary N) is 1. The average Bonchev–Trinajstić information content (AvgIpc) is 3.08. The predicted molar refractivity (Wildman–Crippen MR) is 89.4 cm³/mol. The van der Waals surface area contributed by atoms with Crippen LogP contribution in [0.5, 0.6) is 0 Å². The number of carbonyl (C=O) groups is 2. The van der Waals surface area contributed by atoms with E-state index in [2.05, 4.69) is 21.2 Å². The number of amides is 1. The van der Waals surface area contributed by atoms with E-state index in [9.17, 15) is 9.59 Å². The minimum absolute atomic E-state index is 0.280. The van der Waals surface area contributed by atoms with Crippen molar-refractivity contribution in [3.8, 4) is 0 Å². The molecule has 1 aromatic heterocycles. The van der Waals surface area contributed by atoms with Gasteiger partial charge in [-0.05, 0) is 55.2 Å². The van der Waals surface area contributed by atoms with E-state index in [1.165, 1.54) is 21.8 Å². The van der Waals surface area contributed by atoms with Crippen LogP contribution in [0.25, 0.3) is 0 Å². The summed E-state index contributed by atoms with van der Waals surface area (Å²) < 4.78 is 6.01. The molecule has 4 nitrogen and oxygen atoms in total. The molecule has 0 bridgehead atoms. The fourth-order valence-electron chi connectivity index (χ4n) is 2.36. The normalized spacial score (nSPS) is 12.8. The first kappa shape index (κ1) is 15.2. The van der Waals surface area contributed by atoms with Gasteiger partial charge in [0.05, 0.1) is 0 Å². The van der Waals surface area contributed by atoms with Gasteiger partial charge in [-0.15, -0.1) is 11.3 Å². The zero-order chi connectivity index (χ0) is 15.5. The maximum Gasteiger partial charge on any atom is 0.348 e. The van der Waals surface area contributed by atoms with E-state index in [1.54, 1.807) is 12.1 Å². The Morgan fingerprint density at radius 2 is 2.00 bits per heavy atom. The second-order valence-corrected chi connectivity index (χ2v) is 7.10. The Morgan fingerprint density at radius 3 is 2.73 bits per heavy atom. The van der Waals surface area contributed by atoms with E-state index in [0.29, 0.717) is 10.6 Å². The van der Waals surface area contributed by atoms with Crippen LogP contribution < -0.4 is 5.32 Å². The van der Waals surface area contributed by atoms with Gasteiger partial charge in [-0.2, -0.15) is 0 Å². The molecule has 0 spiro atoms. The maximum absolute atomic E-state index is 12.0. The van der Waals surface area contributed by atoms with Gasteiger partial charge in [-0.1, -0.05) is 15.9 Å². The highest BCUT2D eigenvalue weighted by Crippen LogP contribution is 2.30. The molecule has 2 aromatic rings. The second-order valence-electron chi connectivity index (χ2n) is 5.04. The zero-order valence-corrected chi connectivity index (χ0v) is 14.1. The molecule has 1 aliphatic rings. The molecule has 1 amide bonds. The van der Waals surface area contributed by atoms with Crippen LogP contribution in [0.3, 0.4) is 0 Å². The number of esters is 1. The molecule has 1 aliphatic carbocycles. The number of halogens is 1. The molecule has 6 heteroatoms. The molecule has 0 unspecified atom stereocenters. The Kier molecular flexibility index (Phi) is 4.59. The Morgan fingerprint density at radius 1 is 1.23 bits per heavy atom. The Hall–Kier alpha value is -1.66. The van der Waals surface area contributed by atoms with Crippen molar-refractivity contribution in [2.75, 3.05) is 11.9 Å². The number of aryl methyl sites for hydroxylation is 2. The number of rotatable bonds is 4. The van der Waals surface area contributed by atoms with E-state index >= 15 is 0 Å². The topological polar surface area (TPSA) is 55.4 Å². The first-order valence-corrected chi connectivity index (χ1v) is 8.57. The van der Waals surface area contributed by atoms with Crippen molar-refractivity contribution >= 4 is 44.8 Å². The summed E-state index contributed by atoms with van der Waals surface area (Å²) in [4.78, 5) is 25.6. The third-order valence-corrected chi connectivity index (χ3v) is 5.16. The molecular weight excluding hydrogens is 366 g/mol. The number of fused-ring (bicyclic) bond motifs is 1. The van der Waals surface area contributed by atoms with Crippen molar-refractivity contribution in [3.63, 3.8) is 0 Å². The quantitative estimate of drug-likeness (QED) is 0.822. The van der Waals surface area contributed by atoms with Gasteiger partial charge in [0.2, 0.25) is 0 Å². The highest BCUT2D eigenvalue weighted by atomic mass is 79.9. The van der Waals surface area contributed by atoms with Crippen molar-refractivity contribution in [1.29, 1.82) is 0 Å². The largest absolute Gasteiger partial charge is 0.451 e. The summed E-state index contributed by atoms with van der Waals surface area (Å²) in [5.74, 6) is -0.773. The van der Waals surface area contributed by atoms with E-state index in [-0.39, 0.29) is 12.5 Å². The summed E-state index contributed by atoms with van der Waals surface area (Å²) in [5, 5.41) is 2.68. The van der Waals surface area contributed by atoms with Gasteiger partial charge in [-0.3, -0.25) is 4.79 Å². The van der Waals surface area contributed by atoms with Gasteiger partial charge < -0.3 is 10.1 Å². The third kappa shape index (κ3) is 3.56. The number of hydrogen-bond acceptors (Lipinski definition) is 4. The van der Waals surface area contributed by atoms with Crippen molar-refractivity contribution in [3.05, 3.63) is 50.1 Å². The lowest BCUT2D eigenvalue weighted by Crippen LogP contribution is -2.20. The Labute approximate surface area is 140 Å². The van der Waals surface area contributed by atoms with Crippen molar-refractivity contribution in [2.24, 2.45) is 0 Å². The first-order valence-electron chi connectivity index (χ1n) is 6.96. The minimum atomic E-state index is -0.426. The molecule has 0 atom stereocenters. The van der Waals surface area contributed by atoms with Crippen LogP contribution in [0.15, 0.2) is 34.8 Å². The predicted octanol–water partition coefficient (Wildman–Crippen LogP) is 3.79. The Balaban J connectivity index is 1.51. The van der Waals surface area contributed by atoms with Gasteiger partial charge in [0.1, 0.15) is 4.88 Å². The Bertz CT molecular complexity index is 687. The standard InChI is InChI=1S/C16H14BrNO3S/c17-11-4-6-12(7-5-11)18-15(19)9-21-16(20)14-8-10-2-1-3-13(10)22-14/h4-8H,1-3,9H2,(H,18,19). The molecule has 1 N–H and O–H groups in total. The highest BCUT2D eigenvalue weighted by molar-refractivity contribution is 9.10. The number of carbonyl (C=O) groups excluding carboxylic acids is 2. The summed E-state index contributed by atoms with van der Waals surface area (Å²) >= 11 is 4.80. The van der Waals surface area contributed by atoms with E-state index in [1.807, 2.05) is 18.2 Å². The molecule has 1 aromatic carbocycles. The molecule has 0 saturated carbocycles. The maximum atomic E-state index is 12.0. The highest BCUT2D eigenvalue weighted by Gasteiger charge is 2.19. The molecule has 1 heterocycles. The fraction of sp³-hybridized carbons (Fsp3) is 0.250. The van der Waals surface area contributed by atoms with Gasteiger partial charge in [-0.25, -0.2) is 4.79 Å². The summed E-state index contributed by atoms with van der Waals surface area (Å²) in [7, 11) is 0. The zero-order valence-electron chi connectivity index (χ0n) is 11.7. The van der Waals surface area contributed by atoms with Gasteiger partial charge >= 0.3 is 5.97 Å². The van der Waals surface area contributed by atoms with Crippen molar-refractivity contribution in [2.45, 2.75) is 19.3 Å². The second kappa shape index (κ2) is 6.62. The molecule has 114 valence electrons.